The Bertz CT molecular complexity index is 670. The van der Waals surface area contributed by atoms with Gasteiger partial charge < -0.3 is 0 Å². The second-order valence-corrected chi connectivity index (χ2v) is 6.07. The van der Waals surface area contributed by atoms with Crippen LogP contribution in [-0.4, -0.2) is 6.10 Å². The van der Waals surface area contributed by atoms with Crippen LogP contribution in [0.2, 0.25) is 5.02 Å². The largest absolute Gasteiger partial charge is 0.269 e. The molecule has 3 heteroatoms. The summed E-state index contributed by atoms with van der Waals surface area (Å²) < 4.78 is 0. The number of hydroxylamine groups is 1. The van der Waals surface area contributed by atoms with Gasteiger partial charge in [-0.05, 0) is 30.2 Å². The average Bonchev–Trinajstić information content (AvgIpc) is 2.77. The minimum absolute atomic E-state index is 0.220. The summed E-state index contributed by atoms with van der Waals surface area (Å²) in [5.74, 6) is 0. The molecular formula is C17H16ClNO. The van der Waals surface area contributed by atoms with Crippen molar-refractivity contribution in [2.24, 2.45) is 0 Å². The summed E-state index contributed by atoms with van der Waals surface area (Å²) in [4.78, 5) is 6.06. The molecule has 2 heterocycles. The summed E-state index contributed by atoms with van der Waals surface area (Å²) >= 11 is 6.36. The number of anilines is 1. The minimum atomic E-state index is 0.220. The van der Waals surface area contributed by atoms with Gasteiger partial charge in [0.2, 0.25) is 0 Å². The molecule has 2 aromatic rings. The van der Waals surface area contributed by atoms with Crippen LogP contribution in [0.25, 0.3) is 0 Å². The number of halogens is 1. The van der Waals surface area contributed by atoms with Gasteiger partial charge in [0.15, 0.2) is 0 Å². The lowest BCUT2D eigenvalue weighted by Gasteiger charge is -2.30. The molecule has 2 aromatic carbocycles. The van der Waals surface area contributed by atoms with Gasteiger partial charge in [-0.1, -0.05) is 47.5 Å². The molecule has 0 saturated carbocycles. The molecule has 2 atom stereocenters. The topological polar surface area (TPSA) is 12.5 Å². The molecular weight excluding hydrogens is 270 g/mol. The van der Waals surface area contributed by atoms with Crippen molar-refractivity contribution in [3.05, 3.63) is 64.2 Å². The Labute approximate surface area is 123 Å². The second-order valence-electron chi connectivity index (χ2n) is 5.66. The first-order valence-electron chi connectivity index (χ1n) is 7.02. The predicted molar refractivity (Wildman–Crippen MR) is 81.0 cm³/mol. The van der Waals surface area contributed by atoms with Crippen LogP contribution in [0, 0.1) is 6.92 Å². The first-order valence-corrected chi connectivity index (χ1v) is 7.40. The van der Waals surface area contributed by atoms with E-state index in [0.29, 0.717) is 0 Å². The lowest BCUT2D eigenvalue weighted by atomic mass is 10.00. The van der Waals surface area contributed by atoms with Crippen LogP contribution in [0.1, 0.15) is 29.2 Å². The van der Waals surface area contributed by atoms with Gasteiger partial charge in [0, 0.05) is 17.9 Å². The van der Waals surface area contributed by atoms with Gasteiger partial charge in [-0.15, -0.1) is 0 Å². The maximum absolute atomic E-state index is 6.36. The van der Waals surface area contributed by atoms with Gasteiger partial charge in [0.25, 0.3) is 0 Å². The number of hydrogen-bond acceptors (Lipinski definition) is 2. The fourth-order valence-corrected chi connectivity index (χ4v) is 3.57. The van der Waals surface area contributed by atoms with Crippen LogP contribution in [0.15, 0.2) is 42.5 Å². The van der Waals surface area contributed by atoms with E-state index in [1.807, 2.05) is 18.2 Å². The smallest absolute Gasteiger partial charge is 0.0921 e. The van der Waals surface area contributed by atoms with Crippen molar-refractivity contribution in [2.45, 2.75) is 31.9 Å². The number of benzene rings is 2. The summed E-state index contributed by atoms with van der Waals surface area (Å²) in [6.07, 6.45) is 2.26. The number of aryl methyl sites for hydroxylation is 1. The molecule has 2 aliphatic rings. The van der Waals surface area contributed by atoms with E-state index >= 15 is 0 Å². The van der Waals surface area contributed by atoms with Crippen molar-refractivity contribution < 1.29 is 4.84 Å². The summed E-state index contributed by atoms with van der Waals surface area (Å²) in [6.45, 7) is 2.14. The van der Waals surface area contributed by atoms with E-state index in [1.54, 1.807) is 0 Å². The SMILES string of the molecule is Cc1ccc2c(c1)C[C@H]1C[C@@H](c3ccccc3Cl)N2O1. The minimum Gasteiger partial charge on any atom is -0.269 e. The van der Waals surface area contributed by atoms with E-state index in [1.165, 1.54) is 16.8 Å². The van der Waals surface area contributed by atoms with Gasteiger partial charge in [0.1, 0.15) is 0 Å². The molecule has 2 bridgehead atoms. The number of rotatable bonds is 1. The Morgan fingerprint density at radius 3 is 2.90 bits per heavy atom. The van der Waals surface area contributed by atoms with Gasteiger partial charge in [-0.2, -0.15) is 0 Å². The second kappa shape index (κ2) is 4.51. The van der Waals surface area contributed by atoms with Crippen LogP contribution in [0.4, 0.5) is 5.69 Å². The number of hydrogen-bond donors (Lipinski definition) is 0. The summed E-state index contributed by atoms with van der Waals surface area (Å²) in [7, 11) is 0. The molecule has 2 aliphatic heterocycles. The zero-order valence-electron chi connectivity index (χ0n) is 11.3. The summed E-state index contributed by atoms with van der Waals surface area (Å²) in [6, 6.07) is 14.9. The molecule has 2 nitrogen and oxygen atoms in total. The Balaban J connectivity index is 1.79. The molecule has 1 saturated heterocycles. The molecule has 0 radical (unpaired) electrons. The van der Waals surface area contributed by atoms with E-state index in [9.17, 15) is 0 Å². The molecule has 0 spiro atoms. The van der Waals surface area contributed by atoms with Crippen molar-refractivity contribution in [3.63, 3.8) is 0 Å². The Morgan fingerprint density at radius 2 is 2.05 bits per heavy atom. The van der Waals surface area contributed by atoms with Gasteiger partial charge in [-0.25, -0.2) is 5.06 Å². The van der Waals surface area contributed by atoms with Crippen molar-refractivity contribution >= 4 is 17.3 Å². The van der Waals surface area contributed by atoms with Crippen LogP contribution < -0.4 is 5.06 Å². The average molecular weight is 286 g/mol. The van der Waals surface area contributed by atoms with Gasteiger partial charge >= 0.3 is 0 Å². The molecule has 20 heavy (non-hydrogen) atoms. The summed E-state index contributed by atoms with van der Waals surface area (Å²) in [5, 5.41) is 2.88. The van der Waals surface area contributed by atoms with Crippen molar-refractivity contribution in [1.29, 1.82) is 0 Å². The van der Waals surface area contributed by atoms with Crippen molar-refractivity contribution in [3.8, 4) is 0 Å². The molecule has 0 amide bonds. The van der Waals surface area contributed by atoms with E-state index in [-0.39, 0.29) is 12.1 Å². The highest BCUT2D eigenvalue weighted by molar-refractivity contribution is 6.31. The third-order valence-corrected chi connectivity index (χ3v) is 4.56. The molecule has 102 valence electrons. The fraction of sp³-hybridized carbons (Fsp3) is 0.294. The van der Waals surface area contributed by atoms with Crippen LogP contribution in [0.3, 0.4) is 0 Å². The highest BCUT2D eigenvalue weighted by Gasteiger charge is 2.40. The quantitative estimate of drug-likeness (QED) is 0.767. The number of fused-ring (bicyclic) bond motifs is 4. The number of nitrogens with zero attached hydrogens (tertiary/aromatic N) is 1. The highest BCUT2D eigenvalue weighted by atomic mass is 35.5. The molecule has 0 aromatic heterocycles. The van der Waals surface area contributed by atoms with Crippen molar-refractivity contribution in [1.82, 2.24) is 0 Å². The Hall–Kier alpha value is -1.51. The zero-order chi connectivity index (χ0) is 13.7. The lowest BCUT2D eigenvalue weighted by Crippen LogP contribution is -2.27. The zero-order valence-corrected chi connectivity index (χ0v) is 12.1. The first-order chi connectivity index (χ1) is 9.72. The fourth-order valence-electron chi connectivity index (χ4n) is 3.30. The third-order valence-electron chi connectivity index (χ3n) is 4.22. The van der Waals surface area contributed by atoms with Gasteiger partial charge in [-0.3, -0.25) is 4.84 Å². The third kappa shape index (κ3) is 1.83. The van der Waals surface area contributed by atoms with Crippen molar-refractivity contribution in [2.75, 3.05) is 5.06 Å². The Kier molecular flexibility index (Phi) is 2.76. The maximum Gasteiger partial charge on any atom is 0.0921 e. The Morgan fingerprint density at radius 1 is 1.20 bits per heavy atom. The van der Waals surface area contributed by atoms with Crippen LogP contribution in [0.5, 0.6) is 0 Å². The molecule has 0 aliphatic carbocycles. The molecule has 1 fully saturated rings. The predicted octanol–water partition coefficient (Wildman–Crippen LogP) is 4.46. The molecule has 0 N–H and O–H groups in total. The van der Waals surface area contributed by atoms with Crippen LogP contribution >= 0.6 is 11.6 Å². The standard InChI is InChI=1S/C17H16ClNO/c1-11-6-7-16-12(8-11)9-13-10-17(19(16)20-13)14-4-2-3-5-15(14)18/h2-8,13,17H,9-10H2,1H3/t13-,17-/m0/s1. The first kappa shape index (κ1) is 12.2. The van der Waals surface area contributed by atoms with Crippen LogP contribution in [-0.2, 0) is 11.3 Å². The summed E-state index contributed by atoms with van der Waals surface area (Å²) in [5.41, 5.74) is 5.04. The lowest BCUT2D eigenvalue weighted by molar-refractivity contribution is 0.0734. The van der Waals surface area contributed by atoms with Gasteiger partial charge in [0.05, 0.1) is 17.8 Å². The normalized spacial score (nSPS) is 23.8. The van der Waals surface area contributed by atoms with E-state index in [0.717, 1.165) is 23.4 Å². The van der Waals surface area contributed by atoms with E-state index in [2.05, 4.69) is 36.3 Å². The molecule has 4 rings (SSSR count). The monoisotopic (exact) mass is 285 g/mol. The maximum atomic E-state index is 6.36. The van der Waals surface area contributed by atoms with E-state index in [4.69, 9.17) is 16.4 Å². The molecule has 0 unspecified atom stereocenters. The van der Waals surface area contributed by atoms with E-state index < -0.39 is 0 Å². The highest BCUT2D eigenvalue weighted by Crippen LogP contribution is 2.46.